The van der Waals surface area contributed by atoms with Crippen molar-refractivity contribution in [1.29, 1.82) is 0 Å². The lowest BCUT2D eigenvalue weighted by Crippen LogP contribution is -2.39. The zero-order chi connectivity index (χ0) is 13.8. The van der Waals surface area contributed by atoms with Crippen molar-refractivity contribution in [3.63, 3.8) is 0 Å². The first-order chi connectivity index (χ1) is 9.76. The predicted molar refractivity (Wildman–Crippen MR) is 86.1 cm³/mol. The molecular weight excluding hydrogens is 266 g/mol. The van der Waals surface area contributed by atoms with E-state index >= 15 is 0 Å². The van der Waals surface area contributed by atoms with Gasteiger partial charge in [0.05, 0.1) is 6.54 Å². The maximum absolute atomic E-state index is 6.01. The van der Waals surface area contributed by atoms with Gasteiger partial charge in [-0.3, -0.25) is 4.99 Å². The minimum atomic E-state index is 0.295. The molecule has 2 saturated carbocycles. The normalized spacial score (nSPS) is 21.9. The van der Waals surface area contributed by atoms with Crippen LogP contribution in [0.4, 0.5) is 0 Å². The molecule has 3 N–H and O–H groups in total. The first-order valence-electron chi connectivity index (χ1n) is 7.56. The lowest BCUT2D eigenvalue weighted by atomic mass is 10.2. The van der Waals surface area contributed by atoms with Gasteiger partial charge in [0.25, 0.3) is 0 Å². The van der Waals surface area contributed by atoms with E-state index in [0.717, 1.165) is 6.54 Å². The van der Waals surface area contributed by atoms with Crippen LogP contribution in [0, 0.1) is 0 Å². The molecule has 1 aromatic carbocycles. The summed E-state index contributed by atoms with van der Waals surface area (Å²) in [7, 11) is 0. The summed E-state index contributed by atoms with van der Waals surface area (Å²) in [6, 6.07) is 11.2. The van der Waals surface area contributed by atoms with Crippen molar-refractivity contribution in [2.45, 2.75) is 54.2 Å². The zero-order valence-corrected chi connectivity index (χ0v) is 12.7. The van der Waals surface area contributed by atoms with Crippen LogP contribution in [0.2, 0.25) is 0 Å². The third-order valence-electron chi connectivity index (χ3n) is 4.13. The molecule has 0 saturated heterocycles. The van der Waals surface area contributed by atoms with Crippen LogP contribution < -0.4 is 11.1 Å². The molecular formula is C16H23N3S. The van der Waals surface area contributed by atoms with Gasteiger partial charge < -0.3 is 11.1 Å². The summed E-state index contributed by atoms with van der Waals surface area (Å²) >= 11 is 1.95. The van der Waals surface area contributed by atoms with E-state index in [0.29, 0.717) is 16.7 Å². The van der Waals surface area contributed by atoms with Gasteiger partial charge in [-0.1, -0.05) is 31.0 Å². The van der Waals surface area contributed by atoms with E-state index in [4.69, 9.17) is 5.73 Å². The summed E-state index contributed by atoms with van der Waals surface area (Å²) in [5, 5.41) is 3.36. The average molecular weight is 289 g/mol. The van der Waals surface area contributed by atoms with Gasteiger partial charge in [-0.2, -0.15) is 0 Å². The van der Waals surface area contributed by atoms with Crippen LogP contribution in [-0.2, 0) is 0 Å². The summed E-state index contributed by atoms with van der Waals surface area (Å²) in [6.07, 6.45) is 7.59. The van der Waals surface area contributed by atoms with Crippen molar-refractivity contribution in [1.82, 2.24) is 5.32 Å². The van der Waals surface area contributed by atoms with Gasteiger partial charge in [0, 0.05) is 15.7 Å². The maximum Gasteiger partial charge on any atom is 0.188 e. The first kappa shape index (κ1) is 13.8. The molecule has 108 valence electrons. The van der Waals surface area contributed by atoms with Gasteiger partial charge in [-0.15, -0.1) is 11.8 Å². The molecule has 3 nitrogen and oxygen atoms in total. The lowest BCUT2D eigenvalue weighted by molar-refractivity contribution is 0.625. The van der Waals surface area contributed by atoms with Crippen LogP contribution in [0.25, 0.3) is 0 Å². The van der Waals surface area contributed by atoms with E-state index in [1.165, 1.54) is 43.4 Å². The number of aliphatic imine (C=N–C) groups is 1. The Morgan fingerprint density at radius 2 is 1.95 bits per heavy atom. The first-order valence-corrected chi connectivity index (χ1v) is 8.38. The SMILES string of the molecule is NC(=NCC1(Sc2ccccc2)CC1)NC1CCCC1. The Kier molecular flexibility index (Phi) is 4.20. The van der Waals surface area contributed by atoms with Gasteiger partial charge in [-0.25, -0.2) is 0 Å². The van der Waals surface area contributed by atoms with Crippen molar-refractivity contribution < 1.29 is 0 Å². The van der Waals surface area contributed by atoms with Gasteiger partial charge >= 0.3 is 0 Å². The van der Waals surface area contributed by atoms with E-state index < -0.39 is 0 Å². The van der Waals surface area contributed by atoms with Crippen LogP contribution in [0.15, 0.2) is 40.2 Å². The Labute approximate surface area is 125 Å². The lowest BCUT2D eigenvalue weighted by Gasteiger charge is -2.15. The second-order valence-corrected chi connectivity index (χ2v) is 7.47. The van der Waals surface area contributed by atoms with Crippen LogP contribution in [0.1, 0.15) is 38.5 Å². The van der Waals surface area contributed by atoms with Crippen molar-refractivity contribution in [2.75, 3.05) is 6.54 Å². The molecule has 0 atom stereocenters. The molecule has 2 aliphatic carbocycles. The molecule has 4 heteroatoms. The molecule has 20 heavy (non-hydrogen) atoms. The fraction of sp³-hybridized carbons (Fsp3) is 0.562. The Hall–Kier alpha value is -1.16. The summed E-state index contributed by atoms with van der Waals surface area (Å²) in [4.78, 5) is 5.92. The molecule has 0 amide bonds. The highest BCUT2D eigenvalue weighted by molar-refractivity contribution is 8.01. The molecule has 0 aromatic heterocycles. The Balaban J connectivity index is 1.51. The van der Waals surface area contributed by atoms with E-state index in [1.54, 1.807) is 0 Å². The monoisotopic (exact) mass is 289 g/mol. The molecule has 0 spiro atoms. The Morgan fingerprint density at radius 1 is 1.25 bits per heavy atom. The zero-order valence-electron chi connectivity index (χ0n) is 11.8. The molecule has 3 rings (SSSR count). The topological polar surface area (TPSA) is 50.4 Å². The van der Waals surface area contributed by atoms with Gasteiger partial charge in [-0.05, 0) is 37.8 Å². The van der Waals surface area contributed by atoms with E-state index in [9.17, 15) is 0 Å². The summed E-state index contributed by atoms with van der Waals surface area (Å²) in [6.45, 7) is 0.831. The number of nitrogens with zero attached hydrogens (tertiary/aromatic N) is 1. The Morgan fingerprint density at radius 3 is 2.60 bits per heavy atom. The van der Waals surface area contributed by atoms with Gasteiger partial charge in [0.2, 0.25) is 0 Å². The van der Waals surface area contributed by atoms with E-state index in [2.05, 4.69) is 40.6 Å². The maximum atomic E-state index is 6.01. The van der Waals surface area contributed by atoms with Gasteiger partial charge in [0.15, 0.2) is 5.96 Å². The quantitative estimate of drug-likeness (QED) is 0.646. The second-order valence-electron chi connectivity index (χ2n) is 5.93. The molecule has 0 bridgehead atoms. The van der Waals surface area contributed by atoms with Crippen LogP contribution >= 0.6 is 11.8 Å². The molecule has 0 radical (unpaired) electrons. The van der Waals surface area contributed by atoms with Crippen molar-refractivity contribution in [3.05, 3.63) is 30.3 Å². The molecule has 0 unspecified atom stereocenters. The smallest absolute Gasteiger partial charge is 0.188 e. The third-order valence-corrected chi connectivity index (χ3v) is 5.61. The molecule has 0 aliphatic heterocycles. The number of benzene rings is 1. The highest BCUT2D eigenvalue weighted by atomic mass is 32.2. The van der Waals surface area contributed by atoms with Crippen molar-refractivity contribution in [3.8, 4) is 0 Å². The molecule has 0 heterocycles. The third kappa shape index (κ3) is 3.69. The molecule has 2 fully saturated rings. The summed E-state index contributed by atoms with van der Waals surface area (Å²) in [5.74, 6) is 0.636. The number of hydrogen-bond donors (Lipinski definition) is 2. The Bertz CT molecular complexity index is 462. The van der Waals surface area contributed by atoms with Crippen LogP contribution in [0.5, 0.6) is 0 Å². The van der Waals surface area contributed by atoms with Crippen molar-refractivity contribution in [2.24, 2.45) is 10.7 Å². The number of rotatable bonds is 5. The highest BCUT2D eigenvalue weighted by Crippen LogP contribution is 2.51. The van der Waals surface area contributed by atoms with E-state index in [-0.39, 0.29) is 0 Å². The number of nitrogens with one attached hydrogen (secondary N) is 1. The number of thioether (sulfide) groups is 1. The fourth-order valence-corrected chi connectivity index (χ4v) is 3.95. The number of guanidine groups is 1. The second kappa shape index (κ2) is 6.08. The van der Waals surface area contributed by atoms with Gasteiger partial charge in [0.1, 0.15) is 0 Å². The van der Waals surface area contributed by atoms with Crippen molar-refractivity contribution >= 4 is 17.7 Å². The average Bonchev–Trinajstić information content (AvgIpc) is 3.03. The number of nitrogens with two attached hydrogens (primary N) is 1. The standard InChI is InChI=1S/C16H23N3S/c17-15(19-13-6-4-5-7-13)18-12-16(10-11-16)20-14-8-2-1-3-9-14/h1-3,8-9,13H,4-7,10-12H2,(H3,17,18,19). The fourth-order valence-electron chi connectivity index (χ4n) is 2.72. The largest absolute Gasteiger partial charge is 0.370 e. The highest BCUT2D eigenvalue weighted by Gasteiger charge is 2.43. The minimum Gasteiger partial charge on any atom is -0.370 e. The minimum absolute atomic E-state index is 0.295. The van der Waals surface area contributed by atoms with Crippen LogP contribution in [0.3, 0.4) is 0 Å². The number of hydrogen-bond acceptors (Lipinski definition) is 2. The predicted octanol–water partition coefficient (Wildman–Crippen LogP) is 3.16. The molecule has 2 aliphatic rings. The van der Waals surface area contributed by atoms with Crippen LogP contribution in [-0.4, -0.2) is 23.3 Å². The molecule has 1 aromatic rings. The summed E-state index contributed by atoms with van der Waals surface area (Å²) in [5.41, 5.74) is 6.01. The van der Waals surface area contributed by atoms with E-state index in [1.807, 2.05) is 11.8 Å². The summed E-state index contributed by atoms with van der Waals surface area (Å²) < 4.78 is 0.295.